The minimum absolute atomic E-state index is 0.270. The SMILES string of the molecule is COC(=O)c1occc1CNCc1cscc1C. The van der Waals surface area contributed by atoms with Crippen LogP contribution in [-0.4, -0.2) is 13.1 Å². The van der Waals surface area contributed by atoms with Crippen LogP contribution < -0.4 is 5.32 Å². The molecule has 2 aromatic heterocycles. The van der Waals surface area contributed by atoms with Gasteiger partial charge in [0.25, 0.3) is 0 Å². The van der Waals surface area contributed by atoms with Gasteiger partial charge < -0.3 is 14.5 Å². The maximum Gasteiger partial charge on any atom is 0.374 e. The van der Waals surface area contributed by atoms with Crippen molar-refractivity contribution in [3.05, 3.63) is 45.5 Å². The summed E-state index contributed by atoms with van der Waals surface area (Å²) in [5.41, 5.74) is 3.38. The lowest BCUT2D eigenvalue weighted by molar-refractivity contribution is 0.0563. The number of thiophene rings is 1. The van der Waals surface area contributed by atoms with Crippen LogP contribution in [0, 0.1) is 6.92 Å². The number of furan rings is 1. The van der Waals surface area contributed by atoms with E-state index >= 15 is 0 Å². The Morgan fingerprint density at radius 2 is 2.17 bits per heavy atom. The number of aryl methyl sites for hydroxylation is 1. The smallest absolute Gasteiger partial charge is 0.374 e. The van der Waals surface area contributed by atoms with Gasteiger partial charge in [0.15, 0.2) is 0 Å². The minimum atomic E-state index is -0.441. The highest BCUT2D eigenvalue weighted by molar-refractivity contribution is 7.08. The average Bonchev–Trinajstić information content (AvgIpc) is 2.98. The van der Waals surface area contributed by atoms with E-state index in [1.165, 1.54) is 24.5 Å². The maximum absolute atomic E-state index is 11.4. The first-order chi connectivity index (χ1) is 8.72. The lowest BCUT2D eigenvalue weighted by Crippen LogP contribution is -2.15. The Labute approximate surface area is 110 Å². The largest absolute Gasteiger partial charge is 0.463 e. The van der Waals surface area contributed by atoms with Gasteiger partial charge in [-0.2, -0.15) is 11.3 Å². The van der Waals surface area contributed by atoms with Gasteiger partial charge in [-0.3, -0.25) is 0 Å². The van der Waals surface area contributed by atoms with Crippen LogP contribution in [0.25, 0.3) is 0 Å². The lowest BCUT2D eigenvalue weighted by Gasteiger charge is -2.04. The summed E-state index contributed by atoms with van der Waals surface area (Å²) in [4.78, 5) is 11.4. The number of hydrogen-bond donors (Lipinski definition) is 1. The summed E-state index contributed by atoms with van der Waals surface area (Å²) >= 11 is 1.69. The molecule has 0 aromatic carbocycles. The van der Waals surface area contributed by atoms with E-state index in [9.17, 15) is 4.79 Å². The van der Waals surface area contributed by atoms with Gasteiger partial charge in [-0.15, -0.1) is 0 Å². The van der Waals surface area contributed by atoms with Crippen LogP contribution in [-0.2, 0) is 17.8 Å². The number of esters is 1. The molecule has 0 bridgehead atoms. The van der Waals surface area contributed by atoms with Gasteiger partial charge in [-0.05, 0) is 34.9 Å². The van der Waals surface area contributed by atoms with E-state index in [-0.39, 0.29) is 5.76 Å². The Morgan fingerprint density at radius 3 is 2.83 bits per heavy atom. The summed E-state index contributed by atoms with van der Waals surface area (Å²) in [6, 6.07) is 1.78. The highest BCUT2D eigenvalue weighted by Gasteiger charge is 2.15. The highest BCUT2D eigenvalue weighted by atomic mass is 32.1. The van der Waals surface area contributed by atoms with Gasteiger partial charge >= 0.3 is 5.97 Å². The number of rotatable bonds is 5. The van der Waals surface area contributed by atoms with Crippen molar-refractivity contribution in [2.75, 3.05) is 7.11 Å². The van der Waals surface area contributed by atoms with E-state index in [4.69, 9.17) is 4.42 Å². The molecule has 0 fully saturated rings. The molecule has 2 heterocycles. The molecule has 18 heavy (non-hydrogen) atoms. The van der Waals surface area contributed by atoms with Gasteiger partial charge in [0.05, 0.1) is 13.4 Å². The van der Waals surface area contributed by atoms with Crippen LogP contribution in [0.2, 0.25) is 0 Å². The third-order valence-electron chi connectivity index (χ3n) is 2.71. The molecular formula is C13H15NO3S. The van der Waals surface area contributed by atoms with Crippen LogP contribution in [0.4, 0.5) is 0 Å². The van der Waals surface area contributed by atoms with Crippen molar-refractivity contribution in [1.29, 1.82) is 0 Å². The van der Waals surface area contributed by atoms with Crippen LogP contribution >= 0.6 is 11.3 Å². The number of carbonyl (C=O) groups is 1. The van der Waals surface area contributed by atoms with E-state index in [0.29, 0.717) is 6.54 Å². The van der Waals surface area contributed by atoms with Crippen molar-refractivity contribution >= 4 is 17.3 Å². The lowest BCUT2D eigenvalue weighted by atomic mass is 10.2. The molecule has 0 saturated heterocycles. The van der Waals surface area contributed by atoms with E-state index in [1.54, 1.807) is 17.4 Å². The molecule has 2 rings (SSSR count). The van der Waals surface area contributed by atoms with E-state index in [0.717, 1.165) is 12.1 Å². The second kappa shape index (κ2) is 5.84. The zero-order valence-electron chi connectivity index (χ0n) is 10.4. The predicted molar refractivity (Wildman–Crippen MR) is 69.6 cm³/mol. The monoisotopic (exact) mass is 265 g/mol. The summed E-state index contributed by atoms with van der Waals surface area (Å²) in [6.07, 6.45) is 1.50. The first-order valence-corrected chi connectivity index (χ1v) is 6.53. The zero-order valence-corrected chi connectivity index (χ0v) is 11.2. The highest BCUT2D eigenvalue weighted by Crippen LogP contribution is 2.15. The first kappa shape index (κ1) is 12.9. The zero-order chi connectivity index (χ0) is 13.0. The number of ether oxygens (including phenoxy) is 1. The van der Waals surface area contributed by atoms with Gasteiger partial charge in [-0.1, -0.05) is 0 Å². The van der Waals surface area contributed by atoms with Crippen LogP contribution in [0.5, 0.6) is 0 Å². The van der Waals surface area contributed by atoms with Crippen molar-refractivity contribution < 1.29 is 13.9 Å². The molecule has 2 aromatic rings. The van der Waals surface area contributed by atoms with E-state index in [2.05, 4.69) is 27.7 Å². The van der Waals surface area contributed by atoms with Gasteiger partial charge in [0.2, 0.25) is 5.76 Å². The predicted octanol–water partition coefficient (Wildman–Crippen LogP) is 2.73. The molecule has 0 unspecified atom stereocenters. The Kier molecular flexibility index (Phi) is 4.17. The molecule has 0 spiro atoms. The number of carbonyl (C=O) groups excluding carboxylic acids is 1. The minimum Gasteiger partial charge on any atom is -0.463 e. The molecule has 0 atom stereocenters. The van der Waals surface area contributed by atoms with Crippen molar-refractivity contribution in [1.82, 2.24) is 5.32 Å². The molecule has 0 amide bonds. The quantitative estimate of drug-likeness (QED) is 0.845. The second-order valence-corrected chi connectivity index (χ2v) is 4.69. The van der Waals surface area contributed by atoms with Gasteiger partial charge in [0.1, 0.15) is 0 Å². The topological polar surface area (TPSA) is 51.5 Å². The normalized spacial score (nSPS) is 10.6. The molecular weight excluding hydrogens is 250 g/mol. The third-order valence-corrected chi connectivity index (χ3v) is 3.62. The van der Waals surface area contributed by atoms with Crippen LogP contribution in [0.3, 0.4) is 0 Å². The molecule has 0 saturated carbocycles. The second-order valence-electron chi connectivity index (χ2n) is 3.95. The van der Waals surface area contributed by atoms with Crippen LogP contribution in [0.15, 0.2) is 27.5 Å². The average molecular weight is 265 g/mol. The molecule has 4 nitrogen and oxygen atoms in total. The summed E-state index contributed by atoms with van der Waals surface area (Å²) in [5.74, 6) is -0.171. The molecule has 5 heteroatoms. The fourth-order valence-corrected chi connectivity index (χ4v) is 2.50. The summed E-state index contributed by atoms with van der Waals surface area (Å²) < 4.78 is 9.76. The summed E-state index contributed by atoms with van der Waals surface area (Å²) in [5, 5.41) is 7.53. The Bertz CT molecular complexity index is 530. The Hall–Kier alpha value is -1.59. The fraction of sp³-hybridized carbons (Fsp3) is 0.308. The van der Waals surface area contributed by atoms with Crippen molar-refractivity contribution in [3.8, 4) is 0 Å². The summed E-state index contributed by atoms with van der Waals surface area (Å²) in [6.45, 7) is 3.45. The van der Waals surface area contributed by atoms with Crippen molar-refractivity contribution in [2.45, 2.75) is 20.0 Å². The fourth-order valence-electron chi connectivity index (χ4n) is 1.65. The number of methoxy groups -OCH3 is 1. The Morgan fingerprint density at radius 1 is 1.39 bits per heavy atom. The van der Waals surface area contributed by atoms with Crippen molar-refractivity contribution in [3.63, 3.8) is 0 Å². The molecule has 0 aliphatic rings. The molecule has 96 valence electrons. The first-order valence-electron chi connectivity index (χ1n) is 5.59. The molecule has 0 aliphatic heterocycles. The van der Waals surface area contributed by atoms with Crippen molar-refractivity contribution in [2.24, 2.45) is 0 Å². The Balaban J connectivity index is 1.93. The number of hydrogen-bond acceptors (Lipinski definition) is 5. The van der Waals surface area contributed by atoms with Gasteiger partial charge in [0, 0.05) is 18.7 Å². The van der Waals surface area contributed by atoms with E-state index < -0.39 is 5.97 Å². The van der Waals surface area contributed by atoms with Gasteiger partial charge in [-0.25, -0.2) is 4.79 Å². The van der Waals surface area contributed by atoms with Crippen LogP contribution in [0.1, 0.15) is 27.2 Å². The molecule has 1 N–H and O–H groups in total. The number of nitrogens with one attached hydrogen (secondary N) is 1. The van der Waals surface area contributed by atoms with E-state index in [1.807, 2.05) is 0 Å². The molecule has 0 aliphatic carbocycles. The standard InChI is InChI=1S/C13H15NO3S/c1-9-7-18-8-11(9)6-14-5-10-3-4-17-12(10)13(15)16-2/h3-4,7-8,14H,5-6H2,1-2H3. The summed E-state index contributed by atoms with van der Waals surface area (Å²) in [7, 11) is 1.34. The molecule has 0 radical (unpaired) electrons. The third kappa shape index (κ3) is 2.80. The maximum atomic E-state index is 11.4.